The second-order valence-corrected chi connectivity index (χ2v) is 5.30. The summed E-state index contributed by atoms with van der Waals surface area (Å²) in [5.74, 6) is 1.71. The third-order valence-electron chi connectivity index (χ3n) is 4.03. The Bertz CT molecular complexity index is 417. The van der Waals surface area contributed by atoms with Crippen LogP contribution in [0.15, 0.2) is 18.2 Å². The molecule has 1 saturated carbocycles. The molecule has 1 aromatic carbocycles. The molecule has 4 nitrogen and oxygen atoms in total. The number of methoxy groups -OCH3 is 2. The van der Waals surface area contributed by atoms with E-state index in [9.17, 15) is 0 Å². The van der Waals surface area contributed by atoms with E-state index in [1.807, 2.05) is 25.2 Å². The van der Waals surface area contributed by atoms with Crippen LogP contribution in [0.3, 0.4) is 0 Å². The average molecular weight is 264 g/mol. The summed E-state index contributed by atoms with van der Waals surface area (Å²) in [6.07, 6.45) is 3.90. The molecule has 19 heavy (non-hydrogen) atoms. The Labute approximate surface area is 115 Å². The molecular formula is C15H24N2O2. The van der Waals surface area contributed by atoms with E-state index < -0.39 is 0 Å². The number of hydrogen-bond donors (Lipinski definition) is 2. The van der Waals surface area contributed by atoms with Gasteiger partial charge < -0.3 is 20.1 Å². The summed E-state index contributed by atoms with van der Waals surface area (Å²) >= 11 is 0. The van der Waals surface area contributed by atoms with Crippen molar-refractivity contribution >= 4 is 5.69 Å². The molecule has 0 saturated heterocycles. The van der Waals surface area contributed by atoms with E-state index in [-0.39, 0.29) is 0 Å². The van der Waals surface area contributed by atoms with Crippen molar-refractivity contribution in [3.05, 3.63) is 18.2 Å². The zero-order valence-corrected chi connectivity index (χ0v) is 12.1. The van der Waals surface area contributed by atoms with Crippen molar-refractivity contribution in [2.75, 3.05) is 39.7 Å². The zero-order valence-electron chi connectivity index (χ0n) is 12.1. The fraction of sp³-hybridized carbons (Fsp3) is 0.600. The summed E-state index contributed by atoms with van der Waals surface area (Å²) in [7, 11) is 5.39. The van der Waals surface area contributed by atoms with Crippen molar-refractivity contribution in [2.24, 2.45) is 5.41 Å². The second kappa shape index (κ2) is 6.15. The van der Waals surface area contributed by atoms with Crippen LogP contribution >= 0.6 is 0 Å². The van der Waals surface area contributed by atoms with Crippen molar-refractivity contribution in [2.45, 2.75) is 19.3 Å². The maximum Gasteiger partial charge on any atom is 0.142 e. The second-order valence-electron chi connectivity index (χ2n) is 5.30. The van der Waals surface area contributed by atoms with Gasteiger partial charge in [-0.2, -0.15) is 0 Å². The Balaban J connectivity index is 2.05. The number of hydrogen-bond acceptors (Lipinski definition) is 4. The average Bonchev–Trinajstić information content (AvgIpc) is 2.41. The molecule has 0 aromatic heterocycles. The molecule has 0 amide bonds. The lowest BCUT2D eigenvalue weighted by atomic mass is 9.68. The highest BCUT2D eigenvalue weighted by Crippen LogP contribution is 2.41. The van der Waals surface area contributed by atoms with E-state index in [0.717, 1.165) is 30.3 Å². The first-order valence-electron chi connectivity index (χ1n) is 6.83. The molecule has 1 aliphatic rings. The molecule has 1 aliphatic carbocycles. The number of benzene rings is 1. The molecule has 0 heterocycles. The lowest BCUT2D eigenvalue weighted by Crippen LogP contribution is -2.44. The zero-order chi connectivity index (χ0) is 13.7. The van der Waals surface area contributed by atoms with Crippen molar-refractivity contribution in [1.82, 2.24) is 5.32 Å². The quantitative estimate of drug-likeness (QED) is 0.794. The third-order valence-corrected chi connectivity index (χ3v) is 4.03. The highest BCUT2D eigenvalue weighted by Gasteiger charge is 2.36. The topological polar surface area (TPSA) is 42.5 Å². The van der Waals surface area contributed by atoms with Gasteiger partial charge >= 0.3 is 0 Å². The third kappa shape index (κ3) is 3.13. The van der Waals surface area contributed by atoms with E-state index in [1.54, 1.807) is 14.2 Å². The van der Waals surface area contributed by atoms with Crippen molar-refractivity contribution in [3.8, 4) is 11.5 Å². The van der Waals surface area contributed by atoms with Crippen LogP contribution < -0.4 is 20.1 Å². The molecule has 0 bridgehead atoms. The number of anilines is 1. The van der Waals surface area contributed by atoms with Gasteiger partial charge in [-0.1, -0.05) is 6.42 Å². The van der Waals surface area contributed by atoms with Gasteiger partial charge in [0.2, 0.25) is 0 Å². The number of rotatable bonds is 7. The Morgan fingerprint density at radius 3 is 2.47 bits per heavy atom. The minimum absolute atomic E-state index is 0.392. The van der Waals surface area contributed by atoms with Gasteiger partial charge in [-0.25, -0.2) is 0 Å². The normalized spacial score (nSPS) is 16.6. The maximum atomic E-state index is 5.39. The maximum absolute atomic E-state index is 5.39. The smallest absolute Gasteiger partial charge is 0.142 e. The first-order chi connectivity index (χ1) is 9.23. The Morgan fingerprint density at radius 2 is 1.95 bits per heavy atom. The molecule has 0 aliphatic heterocycles. The van der Waals surface area contributed by atoms with Crippen LogP contribution in [0.25, 0.3) is 0 Å². The predicted molar refractivity (Wildman–Crippen MR) is 78.2 cm³/mol. The summed E-state index contributed by atoms with van der Waals surface area (Å²) in [5, 5.41) is 6.82. The highest BCUT2D eigenvalue weighted by molar-refractivity contribution is 5.59. The molecule has 0 atom stereocenters. The molecule has 1 fully saturated rings. The van der Waals surface area contributed by atoms with Gasteiger partial charge in [0.1, 0.15) is 11.5 Å². The van der Waals surface area contributed by atoms with Crippen molar-refractivity contribution in [1.29, 1.82) is 0 Å². The molecule has 2 N–H and O–H groups in total. The lowest BCUT2D eigenvalue weighted by molar-refractivity contribution is 0.151. The van der Waals surface area contributed by atoms with Crippen LogP contribution in [-0.4, -0.2) is 34.4 Å². The SMILES string of the molecule is CNCC1(CNc2cc(OC)ccc2OC)CCC1. The van der Waals surface area contributed by atoms with E-state index in [1.165, 1.54) is 19.3 Å². The summed E-state index contributed by atoms with van der Waals surface area (Å²) in [6, 6.07) is 5.84. The summed E-state index contributed by atoms with van der Waals surface area (Å²) < 4.78 is 10.7. The van der Waals surface area contributed by atoms with Crippen molar-refractivity contribution in [3.63, 3.8) is 0 Å². The van der Waals surface area contributed by atoms with Gasteiger partial charge in [-0.15, -0.1) is 0 Å². The monoisotopic (exact) mass is 264 g/mol. The lowest BCUT2D eigenvalue weighted by Gasteiger charge is -2.42. The minimum atomic E-state index is 0.392. The molecule has 1 aromatic rings. The van der Waals surface area contributed by atoms with Gasteiger partial charge in [0, 0.05) is 24.6 Å². The largest absolute Gasteiger partial charge is 0.497 e. The van der Waals surface area contributed by atoms with E-state index in [2.05, 4.69) is 10.6 Å². The van der Waals surface area contributed by atoms with Gasteiger partial charge in [0.05, 0.1) is 19.9 Å². The number of nitrogens with one attached hydrogen (secondary N) is 2. The summed E-state index contributed by atoms with van der Waals surface area (Å²) in [4.78, 5) is 0. The molecule has 0 radical (unpaired) electrons. The van der Waals surface area contributed by atoms with Crippen LogP contribution in [0.1, 0.15) is 19.3 Å². The standard InChI is InChI=1S/C15H24N2O2/c1-16-10-15(7-4-8-15)11-17-13-9-12(18-2)5-6-14(13)19-3/h5-6,9,16-17H,4,7-8,10-11H2,1-3H3. The summed E-state index contributed by atoms with van der Waals surface area (Å²) in [5.41, 5.74) is 1.40. The fourth-order valence-corrected chi connectivity index (χ4v) is 2.70. The minimum Gasteiger partial charge on any atom is -0.497 e. The van der Waals surface area contributed by atoms with Crippen LogP contribution in [0.5, 0.6) is 11.5 Å². The van der Waals surface area contributed by atoms with Gasteiger partial charge in [0.25, 0.3) is 0 Å². The fourth-order valence-electron chi connectivity index (χ4n) is 2.70. The molecule has 106 valence electrons. The van der Waals surface area contributed by atoms with Crippen LogP contribution in [0.2, 0.25) is 0 Å². The Hall–Kier alpha value is -1.42. The first kappa shape index (κ1) is 14.0. The van der Waals surface area contributed by atoms with E-state index in [0.29, 0.717) is 5.41 Å². The molecule has 4 heteroatoms. The molecule has 0 spiro atoms. The van der Waals surface area contributed by atoms with Gasteiger partial charge in [0.15, 0.2) is 0 Å². The van der Waals surface area contributed by atoms with Crippen LogP contribution in [0, 0.1) is 5.41 Å². The summed E-state index contributed by atoms with van der Waals surface area (Å²) in [6.45, 7) is 2.03. The Morgan fingerprint density at radius 1 is 1.16 bits per heavy atom. The van der Waals surface area contributed by atoms with Crippen LogP contribution in [-0.2, 0) is 0 Å². The van der Waals surface area contributed by atoms with Crippen LogP contribution in [0.4, 0.5) is 5.69 Å². The van der Waals surface area contributed by atoms with Gasteiger partial charge in [-0.3, -0.25) is 0 Å². The molecular weight excluding hydrogens is 240 g/mol. The first-order valence-corrected chi connectivity index (χ1v) is 6.83. The predicted octanol–water partition coefficient (Wildman–Crippen LogP) is 2.51. The van der Waals surface area contributed by atoms with E-state index in [4.69, 9.17) is 9.47 Å². The number of ether oxygens (including phenoxy) is 2. The van der Waals surface area contributed by atoms with Crippen molar-refractivity contribution < 1.29 is 9.47 Å². The highest BCUT2D eigenvalue weighted by atomic mass is 16.5. The van der Waals surface area contributed by atoms with Gasteiger partial charge in [-0.05, 0) is 32.0 Å². The molecule has 2 rings (SSSR count). The van der Waals surface area contributed by atoms with E-state index >= 15 is 0 Å². The molecule has 0 unspecified atom stereocenters. The Kier molecular flexibility index (Phi) is 4.53.